The van der Waals surface area contributed by atoms with Crippen LogP contribution in [0.15, 0.2) is 60.7 Å². The van der Waals surface area contributed by atoms with Crippen molar-refractivity contribution in [3.63, 3.8) is 0 Å². The van der Waals surface area contributed by atoms with Crippen molar-refractivity contribution in [2.75, 3.05) is 11.9 Å². The highest BCUT2D eigenvalue weighted by Crippen LogP contribution is 2.36. The number of nitrogens with one attached hydrogen (secondary N) is 1. The van der Waals surface area contributed by atoms with Gasteiger partial charge in [0.2, 0.25) is 11.8 Å². The van der Waals surface area contributed by atoms with Crippen molar-refractivity contribution in [2.45, 2.75) is 32.2 Å². The van der Waals surface area contributed by atoms with E-state index in [9.17, 15) is 19.2 Å². The first kappa shape index (κ1) is 23.7. The summed E-state index contributed by atoms with van der Waals surface area (Å²) in [5.74, 6) is -3.00. The van der Waals surface area contributed by atoms with Gasteiger partial charge in [-0.2, -0.15) is 0 Å². The average Bonchev–Trinajstić information content (AvgIpc) is 3.09. The molecule has 2 aromatic rings. The van der Waals surface area contributed by atoms with E-state index in [1.807, 2.05) is 49.4 Å². The molecule has 0 spiro atoms. The number of fused-ring (bicyclic) bond motifs is 1. The molecule has 34 heavy (non-hydrogen) atoms. The summed E-state index contributed by atoms with van der Waals surface area (Å²) in [5, 5.41) is 3.13. The summed E-state index contributed by atoms with van der Waals surface area (Å²) in [7, 11) is 0. The number of imide groups is 1. The van der Waals surface area contributed by atoms with Crippen LogP contribution in [-0.2, 0) is 30.3 Å². The minimum atomic E-state index is -1.14. The van der Waals surface area contributed by atoms with Crippen LogP contribution in [-0.4, -0.2) is 41.2 Å². The van der Waals surface area contributed by atoms with E-state index in [0.29, 0.717) is 23.6 Å². The Labute approximate surface area is 202 Å². The summed E-state index contributed by atoms with van der Waals surface area (Å²) in [6.07, 6.45) is 4.84. The highest BCUT2D eigenvalue weighted by molar-refractivity contribution is 6.31. The topological polar surface area (TPSA) is 92.8 Å². The molecule has 0 unspecified atom stereocenters. The van der Waals surface area contributed by atoms with Crippen LogP contribution in [0, 0.1) is 18.8 Å². The third-order valence-corrected chi connectivity index (χ3v) is 6.61. The highest BCUT2D eigenvalue weighted by Gasteiger charge is 2.51. The lowest BCUT2D eigenvalue weighted by Crippen LogP contribution is -2.48. The van der Waals surface area contributed by atoms with E-state index in [1.165, 1.54) is 0 Å². The van der Waals surface area contributed by atoms with Crippen molar-refractivity contribution >= 4 is 41.0 Å². The maximum Gasteiger partial charge on any atom is 0.330 e. The predicted octanol–water partition coefficient (Wildman–Crippen LogP) is 3.69. The molecule has 1 saturated heterocycles. The van der Waals surface area contributed by atoms with Crippen LogP contribution in [0.2, 0.25) is 5.02 Å². The summed E-state index contributed by atoms with van der Waals surface area (Å²) in [5.41, 5.74) is 2.11. The lowest BCUT2D eigenvalue weighted by atomic mass is 9.85. The van der Waals surface area contributed by atoms with Gasteiger partial charge in [0.05, 0.1) is 11.8 Å². The third-order valence-electron chi connectivity index (χ3n) is 6.20. The van der Waals surface area contributed by atoms with E-state index < -0.39 is 36.4 Å². The normalized spacial score (nSPS) is 20.1. The second kappa shape index (κ2) is 10.2. The van der Waals surface area contributed by atoms with E-state index in [-0.39, 0.29) is 18.2 Å². The Kier molecular flexibility index (Phi) is 7.12. The van der Waals surface area contributed by atoms with Gasteiger partial charge in [0.25, 0.3) is 5.91 Å². The number of amides is 3. The van der Waals surface area contributed by atoms with E-state index in [1.54, 1.807) is 18.2 Å². The number of allylic oxidation sites excluding steroid dienone is 2. The molecule has 0 aromatic heterocycles. The quantitative estimate of drug-likeness (QED) is 0.370. The van der Waals surface area contributed by atoms with Crippen LogP contribution >= 0.6 is 11.6 Å². The number of hydrogen-bond donors (Lipinski definition) is 1. The number of carbonyl (C=O) groups excluding carboxylic acids is 4. The van der Waals surface area contributed by atoms with Crippen LogP contribution in [0.25, 0.3) is 0 Å². The van der Waals surface area contributed by atoms with Gasteiger partial charge in [0.15, 0.2) is 6.61 Å². The number of hydrogen-bond acceptors (Lipinski definition) is 5. The maximum atomic E-state index is 13.1. The Morgan fingerprint density at radius 1 is 1.06 bits per heavy atom. The number of likely N-dealkylation sites (tertiary alicyclic amines) is 1. The largest absolute Gasteiger partial charge is 0.454 e. The maximum absolute atomic E-state index is 13.1. The minimum absolute atomic E-state index is 0.110. The first-order valence-corrected chi connectivity index (χ1v) is 11.5. The highest BCUT2D eigenvalue weighted by atomic mass is 35.5. The molecule has 1 fully saturated rings. The number of halogens is 1. The molecule has 0 saturated carbocycles. The van der Waals surface area contributed by atoms with E-state index in [4.69, 9.17) is 16.3 Å². The van der Waals surface area contributed by atoms with E-state index >= 15 is 0 Å². The number of rotatable bonds is 7. The lowest BCUT2D eigenvalue weighted by molar-refractivity contribution is -0.159. The van der Waals surface area contributed by atoms with E-state index in [2.05, 4.69) is 5.32 Å². The molecule has 0 radical (unpaired) electrons. The second-order valence-corrected chi connectivity index (χ2v) is 8.93. The minimum Gasteiger partial charge on any atom is -0.454 e. The van der Waals surface area contributed by atoms with Crippen molar-refractivity contribution < 1.29 is 23.9 Å². The fourth-order valence-electron chi connectivity index (χ4n) is 4.35. The molecule has 7 nitrogen and oxygen atoms in total. The third kappa shape index (κ3) is 5.04. The molecule has 3 amide bonds. The van der Waals surface area contributed by atoms with Crippen molar-refractivity contribution in [1.29, 1.82) is 0 Å². The monoisotopic (exact) mass is 480 g/mol. The van der Waals surface area contributed by atoms with Crippen LogP contribution in [0.4, 0.5) is 5.69 Å². The summed E-state index contributed by atoms with van der Waals surface area (Å²) in [4.78, 5) is 52.7. The lowest BCUT2D eigenvalue weighted by Gasteiger charge is -2.25. The van der Waals surface area contributed by atoms with Crippen LogP contribution in [0.3, 0.4) is 0 Å². The molecular formula is C26H25ClN2O5. The summed E-state index contributed by atoms with van der Waals surface area (Å²) >= 11 is 6.08. The number of esters is 1. The van der Waals surface area contributed by atoms with E-state index in [0.717, 1.165) is 16.0 Å². The zero-order chi connectivity index (χ0) is 24.2. The molecule has 8 heteroatoms. The second-order valence-electron chi connectivity index (χ2n) is 8.53. The number of carbonyl (C=O) groups is 4. The Hall–Kier alpha value is -3.45. The van der Waals surface area contributed by atoms with Crippen molar-refractivity contribution in [1.82, 2.24) is 4.90 Å². The average molecular weight is 481 g/mol. The van der Waals surface area contributed by atoms with Crippen molar-refractivity contribution in [3.8, 4) is 0 Å². The molecule has 2 aromatic carbocycles. The molecular weight excluding hydrogens is 456 g/mol. The van der Waals surface area contributed by atoms with Gasteiger partial charge in [-0.05, 0) is 43.0 Å². The molecule has 1 aliphatic heterocycles. The van der Waals surface area contributed by atoms with Gasteiger partial charge in [-0.25, -0.2) is 4.79 Å². The number of ether oxygens (including phenoxy) is 1. The Balaban J connectivity index is 1.48. The van der Waals surface area contributed by atoms with Gasteiger partial charge in [-0.15, -0.1) is 0 Å². The summed E-state index contributed by atoms with van der Waals surface area (Å²) < 4.78 is 5.28. The number of anilines is 1. The fraction of sp³-hybridized carbons (Fsp3) is 0.308. The number of aryl methyl sites for hydroxylation is 1. The molecule has 0 bridgehead atoms. The molecule has 3 atom stereocenters. The SMILES string of the molecule is Cc1ccc(NC(=O)COC(=O)[C@H](Cc2ccccc2)N2C(=O)[C@H]3CC=CC[C@H]3C2=O)cc1Cl. The van der Waals surface area contributed by atoms with Crippen LogP contribution in [0.1, 0.15) is 24.0 Å². The fourth-order valence-corrected chi connectivity index (χ4v) is 4.53. The van der Waals surface area contributed by atoms with Crippen molar-refractivity contribution in [3.05, 3.63) is 76.8 Å². The van der Waals surface area contributed by atoms with Gasteiger partial charge in [0, 0.05) is 17.1 Å². The van der Waals surface area contributed by atoms with Gasteiger partial charge in [0.1, 0.15) is 6.04 Å². The zero-order valence-electron chi connectivity index (χ0n) is 18.7. The number of nitrogens with zero attached hydrogens (tertiary/aromatic N) is 1. The molecule has 2 aliphatic rings. The molecule has 1 heterocycles. The summed E-state index contributed by atoms with van der Waals surface area (Å²) in [6.45, 7) is 1.29. The Bertz CT molecular complexity index is 1120. The zero-order valence-corrected chi connectivity index (χ0v) is 19.5. The first-order chi connectivity index (χ1) is 16.3. The van der Waals surface area contributed by atoms with Gasteiger partial charge < -0.3 is 10.1 Å². The predicted molar refractivity (Wildman–Crippen MR) is 127 cm³/mol. The molecule has 1 N–H and O–H groups in total. The number of benzene rings is 2. The van der Waals surface area contributed by atoms with Crippen LogP contribution < -0.4 is 5.32 Å². The first-order valence-electron chi connectivity index (χ1n) is 11.1. The smallest absolute Gasteiger partial charge is 0.330 e. The molecule has 1 aliphatic carbocycles. The van der Waals surface area contributed by atoms with Gasteiger partial charge in [-0.3, -0.25) is 19.3 Å². The van der Waals surface area contributed by atoms with Gasteiger partial charge in [-0.1, -0.05) is 60.2 Å². The van der Waals surface area contributed by atoms with Crippen molar-refractivity contribution in [2.24, 2.45) is 11.8 Å². The molecule has 4 rings (SSSR count). The van der Waals surface area contributed by atoms with Crippen LogP contribution in [0.5, 0.6) is 0 Å². The Morgan fingerprint density at radius 3 is 2.32 bits per heavy atom. The summed E-state index contributed by atoms with van der Waals surface area (Å²) in [6, 6.07) is 13.0. The molecule has 176 valence electrons. The Morgan fingerprint density at radius 2 is 1.71 bits per heavy atom. The standard InChI is InChI=1S/C26H25ClN2O5/c1-16-11-12-18(14-21(16)27)28-23(30)15-34-26(33)22(13-17-7-3-2-4-8-17)29-24(31)19-9-5-6-10-20(19)25(29)32/h2-8,11-12,14,19-20,22H,9-10,13,15H2,1H3,(H,28,30)/t19-,20+,22-/m0/s1. The van der Waals surface area contributed by atoms with Gasteiger partial charge >= 0.3 is 5.97 Å².